The highest BCUT2D eigenvalue weighted by Crippen LogP contribution is 2.31. The summed E-state index contributed by atoms with van der Waals surface area (Å²) < 4.78 is 18.2. The third kappa shape index (κ3) is 3.81. The molecular formula is C12H16FN3O4. The van der Waals surface area contributed by atoms with E-state index in [1.807, 2.05) is 0 Å². The molecule has 110 valence electrons. The summed E-state index contributed by atoms with van der Waals surface area (Å²) in [5.74, 6) is -1.03. The average Bonchev–Trinajstić information content (AvgIpc) is 2.39. The largest absolute Gasteiger partial charge is 0.494 e. The molecule has 0 atom stereocenters. The molecule has 0 aliphatic rings. The maximum Gasteiger partial charge on any atom is 0.295 e. The number of hydrogen-bond donors (Lipinski definition) is 1. The zero-order chi connectivity index (χ0) is 15.3. The van der Waals surface area contributed by atoms with Gasteiger partial charge in [0.05, 0.1) is 18.1 Å². The van der Waals surface area contributed by atoms with E-state index in [2.05, 4.69) is 5.32 Å². The van der Waals surface area contributed by atoms with Gasteiger partial charge in [-0.05, 0) is 0 Å². The highest BCUT2D eigenvalue weighted by Gasteiger charge is 2.19. The number of ether oxygens (including phenoxy) is 1. The van der Waals surface area contributed by atoms with Crippen molar-refractivity contribution in [2.24, 2.45) is 0 Å². The number of halogens is 1. The van der Waals surface area contributed by atoms with Gasteiger partial charge in [0, 0.05) is 33.1 Å². The van der Waals surface area contributed by atoms with Gasteiger partial charge in [0.25, 0.3) is 5.69 Å². The van der Waals surface area contributed by atoms with Crippen molar-refractivity contribution in [1.29, 1.82) is 0 Å². The van der Waals surface area contributed by atoms with E-state index in [9.17, 15) is 19.3 Å². The molecule has 0 saturated carbocycles. The Morgan fingerprint density at radius 1 is 1.50 bits per heavy atom. The van der Waals surface area contributed by atoms with Crippen LogP contribution in [0.15, 0.2) is 12.1 Å². The Labute approximate surface area is 115 Å². The van der Waals surface area contributed by atoms with Crippen LogP contribution >= 0.6 is 0 Å². The Hall–Kier alpha value is -2.38. The predicted octanol–water partition coefficient (Wildman–Crippen LogP) is 1.63. The van der Waals surface area contributed by atoms with Crippen molar-refractivity contribution in [2.75, 3.05) is 33.1 Å². The van der Waals surface area contributed by atoms with Crippen molar-refractivity contribution >= 4 is 17.3 Å². The lowest BCUT2D eigenvalue weighted by molar-refractivity contribution is -0.384. The number of benzene rings is 1. The lowest BCUT2D eigenvalue weighted by atomic mass is 10.2. The van der Waals surface area contributed by atoms with E-state index in [4.69, 9.17) is 4.74 Å². The average molecular weight is 285 g/mol. The number of methoxy groups -OCH3 is 1. The number of rotatable bonds is 6. The van der Waals surface area contributed by atoms with E-state index in [1.165, 1.54) is 18.1 Å². The summed E-state index contributed by atoms with van der Waals surface area (Å²) in [4.78, 5) is 23.0. The van der Waals surface area contributed by atoms with Gasteiger partial charge in [-0.3, -0.25) is 14.9 Å². The second-order valence-corrected chi connectivity index (χ2v) is 4.23. The van der Waals surface area contributed by atoms with Crippen LogP contribution in [0.1, 0.15) is 6.42 Å². The topological polar surface area (TPSA) is 84.7 Å². The van der Waals surface area contributed by atoms with Crippen LogP contribution in [0.2, 0.25) is 0 Å². The van der Waals surface area contributed by atoms with E-state index in [0.717, 1.165) is 6.07 Å². The third-order valence-electron chi connectivity index (χ3n) is 2.62. The van der Waals surface area contributed by atoms with Crippen molar-refractivity contribution in [3.8, 4) is 5.75 Å². The van der Waals surface area contributed by atoms with Gasteiger partial charge in [-0.2, -0.15) is 0 Å². The fraction of sp³-hybridized carbons (Fsp3) is 0.417. The predicted molar refractivity (Wildman–Crippen MR) is 71.4 cm³/mol. The van der Waals surface area contributed by atoms with Crippen molar-refractivity contribution < 1.29 is 18.8 Å². The fourth-order valence-corrected chi connectivity index (χ4v) is 1.52. The summed E-state index contributed by atoms with van der Waals surface area (Å²) >= 11 is 0. The number of carbonyl (C=O) groups is 1. The van der Waals surface area contributed by atoms with Crippen LogP contribution in [-0.2, 0) is 4.79 Å². The second kappa shape index (κ2) is 6.69. The molecule has 1 aromatic rings. The van der Waals surface area contributed by atoms with Crippen molar-refractivity contribution in [2.45, 2.75) is 6.42 Å². The number of hydrogen-bond acceptors (Lipinski definition) is 5. The van der Waals surface area contributed by atoms with Gasteiger partial charge >= 0.3 is 0 Å². The molecule has 0 aliphatic carbocycles. The van der Waals surface area contributed by atoms with Gasteiger partial charge in [-0.1, -0.05) is 0 Å². The minimum atomic E-state index is -0.811. The van der Waals surface area contributed by atoms with Crippen molar-refractivity contribution in [3.05, 3.63) is 28.1 Å². The lowest BCUT2D eigenvalue weighted by Crippen LogP contribution is -2.24. The zero-order valence-corrected chi connectivity index (χ0v) is 11.5. The zero-order valence-electron chi connectivity index (χ0n) is 11.5. The minimum Gasteiger partial charge on any atom is -0.494 e. The molecule has 0 radical (unpaired) electrons. The maximum atomic E-state index is 13.4. The summed E-state index contributed by atoms with van der Waals surface area (Å²) in [7, 11) is 4.50. The molecule has 1 aromatic carbocycles. The number of nitro groups is 1. The van der Waals surface area contributed by atoms with Gasteiger partial charge in [0.2, 0.25) is 5.91 Å². The molecule has 7 nitrogen and oxygen atoms in total. The van der Waals surface area contributed by atoms with Gasteiger partial charge in [0.15, 0.2) is 11.6 Å². The first-order valence-corrected chi connectivity index (χ1v) is 5.82. The summed E-state index contributed by atoms with van der Waals surface area (Å²) in [6, 6.07) is 1.99. The molecule has 0 aromatic heterocycles. The van der Waals surface area contributed by atoms with Crippen LogP contribution in [0.25, 0.3) is 0 Å². The Morgan fingerprint density at radius 2 is 2.15 bits per heavy atom. The number of carbonyl (C=O) groups excluding carboxylic acids is 1. The van der Waals surface area contributed by atoms with Gasteiger partial charge in [0.1, 0.15) is 5.69 Å². The molecule has 20 heavy (non-hydrogen) atoms. The van der Waals surface area contributed by atoms with Gasteiger partial charge in [-0.25, -0.2) is 4.39 Å². The van der Waals surface area contributed by atoms with E-state index < -0.39 is 16.4 Å². The Morgan fingerprint density at radius 3 is 2.65 bits per heavy atom. The molecule has 0 spiro atoms. The van der Waals surface area contributed by atoms with Crippen LogP contribution in [0, 0.1) is 15.9 Å². The van der Waals surface area contributed by atoms with E-state index in [-0.39, 0.29) is 30.3 Å². The van der Waals surface area contributed by atoms with E-state index >= 15 is 0 Å². The molecule has 0 saturated heterocycles. The summed E-state index contributed by atoms with van der Waals surface area (Å²) in [5, 5.41) is 13.6. The van der Waals surface area contributed by atoms with E-state index in [0.29, 0.717) is 0 Å². The molecular weight excluding hydrogens is 269 g/mol. The first-order valence-electron chi connectivity index (χ1n) is 5.82. The number of nitro benzene ring substituents is 1. The minimum absolute atomic E-state index is 0.1000. The number of nitrogens with one attached hydrogen (secondary N) is 1. The Balaban J connectivity index is 2.87. The van der Waals surface area contributed by atoms with Crippen LogP contribution in [0.5, 0.6) is 5.75 Å². The van der Waals surface area contributed by atoms with Crippen LogP contribution in [-0.4, -0.2) is 43.5 Å². The molecule has 0 heterocycles. The Bertz CT molecular complexity index is 520. The van der Waals surface area contributed by atoms with E-state index in [1.54, 1.807) is 14.1 Å². The number of anilines is 1. The third-order valence-corrected chi connectivity index (χ3v) is 2.62. The molecule has 8 heteroatoms. The maximum absolute atomic E-state index is 13.4. The first kappa shape index (κ1) is 15.7. The number of nitrogens with zero attached hydrogens (tertiary/aromatic N) is 2. The highest BCUT2D eigenvalue weighted by atomic mass is 19.1. The summed E-state index contributed by atoms with van der Waals surface area (Å²) in [6.07, 6.45) is 0.170. The smallest absolute Gasteiger partial charge is 0.295 e. The second-order valence-electron chi connectivity index (χ2n) is 4.23. The monoisotopic (exact) mass is 285 g/mol. The molecule has 1 amide bonds. The fourth-order valence-electron chi connectivity index (χ4n) is 1.52. The standard InChI is InChI=1S/C12H16FN3O4/c1-15(2)12(17)4-5-14-9-7-11(20-3)8(13)6-10(9)16(18)19/h6-7,14H,4-5H2,1-3H3. The molecule has 0 fully saturated rings. The van der Waals surface area contributed by atoms with Gasteiger partial charge in [-0.15, -0.1) is 0 Å². The van der Waals surface area contributed by atoms with Crippen LogP contribution < -0.4 is 10.1 Å². The number of amides is 1. The first-order chi connectivity index (χ1) is 9.36. The van der Waals surface area contributed by atoms with Crippen LogP contribution in [0.3, 0.4) is 0 Å². The van der Waals surface area contributed by atoms with Crippen LogP contribution in [0.4, 0.5) is 15.8 Å². The Kier molecular flexibility index (Phi) is 5.24. The summed E-state index contributed by atoms with van der Waals surface area (Å²) in [5.41, 5.74) is -0.291. The molecule has 0 bridgehead atoms. The SMILES string of the molecule is COc1cc(NCCC(=O)N(C)C)c([N+](=O)[O-])cc1F. The normalized spacial score (nSPS) is 10.0. The molecule has 0 aliphatic heterocycles. The quantitative estimate of drug-likeness (QED) is 0.634. The van der Waals surface area contributed by atoms with Crippen molar-refractivity contribution in [3.63, 3.8) is 0 Å². The lowest BCUT2D eigenvalue weighted by Gasteiger charge is -2.12. The highest BCUT2D eigenvalue weighted by molar-refractivity contribution is 5.76. The molecule has 1 rings (SSSR count). The molecule has 0 unspecified atom stereocenters. The summed E-state index contributed by atoms with van der Waals surface area (Å²) in [6.45, 7) is 0.201. The van der Waals surface area contributed by atoms with Crippen molar-refractivity contribution in [1.82, 2.24) is 4.90 Å². The molecule has 1 N–H and O–H groups in total. The van der Waals surface area contributed by atoms with Gasteiger partial charge < -0.3 is 15.0 Å².